The van der Waals surface area contributed by atoms with Crippen LogP contribution in [0.1, 0.15) is 13.8 Å². The van der Waals surface area contributed by atoms with E-state index < -0.39 is 16.8 Å². The molecule has 0 aromatic carbocycles. The van der Waals surface area contributed by atoms with Crippen LogP contribution in [0.25, 0.3) is 0 Å². The van der Waals surface area contributed by atoms with Crippen molar-refractivity contribution in [3.8, 4) is 0 Å². The SMILES string of the molecule is CCN[Si](C)(NCC)N[Si](C)(C)C. The first kappa shape index (κ1) is 13.3. The van der Waals surface area contributed by atoms with Crippen LogP contribution in [0.5, 0.6) is 0 Å². The van der Waals surface area contributed by atoms with E-state index in [1.54, 1.807) is 0 Å². The zero-order chi connectivity index (χ0) is 10.5. The van der Waals surface area contributed by atoms with Crippen molar-refractivity contribution >= 4 is 16.8 Å². The fraction of sp³-hybridized carbons (Fsp3) is 1.00. The Bertz CT molecular complexity index is 139. The van der Waals surface area contributed by atoms with E-state index in [1.807, 2.05) is 0 Å². The molecule has 0 saturated carbocycles. The van der Waals surface area contributed by atoms with Gasteiger partial charge in [0.15, 0.2) is 0 Å². The molecule has 0 spiro atoms. The van der Waals surface area contributed by atoms with E-state index in [9.17, 15) is 0 Å². The molecule has 3 N–H and O–H groups in total. The van der Waals surface area contributed by atoms with Crippen molar-refractivity contribution in [2.24, 2.45) is 0 Å². The van der Waals surface area contributed by atoms with Crippen LogP contribution < -0.4 is 14.6 Å². The van der Waals surface area contributed by atoms with Gasteiger partial charge in [-0.2, -0.15) is 0 Å². The lowest BCUT2D eigenvalue weighted by atomic mass is 10.8. The van der Waals surface area contributed by atoms with Gasteiger partial charge in [0.25, 0.3) is 8.56 Å². The Balaban J connectivity index is 4.22. The average Bonchev–Trinajstić information content (AvgIpc) is 1.82. The summed E-state index contributed by atoms with van der Waals surface area (Å²) in [4.78, 5) is 7.14. The third-order valence-corrected chi connectivity index (χ3v) is 8.81. The van der Waals surface area contributed by atoms with Gasteiger partial charge in [0, 0.05) is 0 Å². The molecule has 0 saturated heterocycles. The second-order valence-corrected chi connectivity index (χ2v) is 13.0. The molecule has 0 aromatic rings. The average molecular weight is 219 g/mol. The zero-order valence-electron chi connectivity index (χ0n) is 9.91. The van der Waals surface area contributed by atoms with Crippen LogP contribution in [0.4, 0.5) is 0 Å². The highest BCUT2D eigenvalue weighted by Gasteiger charge is 2.31. The third kappa shape index (κ3) is 6.39. The first-order valence-electron chi connectivity index (χ1n) is 5.12. The van der Waals surface area contributed by atoms with Crippen molar-refractivity contribution in [3.63, 3.8) is 0 Å². The molecule has 0 aromatic heterocycles. The summed E-state index contributed by atoms with van der Waals surface area (Å²) in [6.07, 6.45) is 0. The Hall–Kier alpha value is 0.314. The van der Waals surface area contributed by atoms with Gasteiger partial charge >= 0.3 is 0 Å². The predicted octanol–water partition coefficient (Wildman–Crippen LogP) is 1.20. The van der Waals surface area contributed by atoms with Gasteiger partial charge in [-0.3, -0.25) is 0 Å². The Labute approximate surface area is 85.0 Å². The minimum atomic E-state index is -1.57. The second-order valence-electron chi connectivity index (χ2n) is 4.56. The second kappa shape index (κ2) is 5.26. The molecular formula is C8H25N3Si2. The summed E-state index contributed by atoms with van der Waals surface area (Å²) in [5.41, 5.74) is 0. The molecule has 0 atom stereocenters. The quantitative estimate of drug-likeness (QED) is 0.588. The molecule has 0 aliphatic carbocycles. The van der Waals surface area contributed by atoms with Gasteiger partial charge in [0.1, 0.15) is 8.24 Å². The third-order valence-electron chi connectivity index (χ3n) is 1.69. The first-order valence-corrected chi connectivity index (χ1v) is 11.1. The van der Waals surface area contributed by atoms with E-state index in [0.717, 1.165) is 13.1 Å². The van der Waals surface area contributed by atoms with Gasteiger partial charge in [-0.1, -0.05) is 33.5 Å². The van der Waals surface area contributed by atoms with Gasteiger partial charge in [-0.05, 0) is 19.6 Å². The van der Waals surface area contributed by atoms with Gasteiger partial charge in [0.05, 0.1) is 0 Å². The van der Waals surface area contributed by atoms with Crippen molar-refractivity contribution in [2.45, 2.75) is 40.0 Å². The van der Waals surface area contributed by atoms with E-state index in [-0.39, 0.29) is 0 Å². The highest BCUT2D eigenvalue weighted by Crippen LogP contribution is 1.99. The summed E-state index contributed by atoms with van der Waals surface area (Å²) < 4.78 is 3.79. The molecule has 3 nitrogen and oxygen atoms in total. The van der Waals surface area contributed by atoms with Crippen LogP contribution in [0, 0.1) is 0 Å². The lowest BCUT2D eigenvalue weighted by molar-refractivity contribution is 0.834. The summed E-state index contributed by atoms with van der Waals surface area (Å²) in [6, 6.07) is 0. The maximum atomic E-state index is 3.79. The van der Waals surface area contributed by atoms with Crippen LogP contribution in [0.3, 0.4) is 0 Å². The van der Waals surface area contributed by atoms with E-state index in [0.29, 0.717) is 0 Å². The monoisotopic (exact) mass is 219 g/mol. The van der Waals surface area contributed by atoms with Gasteiger partial charge in [-0.15, -0.1) is 0 Å². The molecule has 0 unspecified atom stereocenters. The Morgan fingerprint density at radius 3 is 1.46 bits per heavy atom. The van der Waals surface area contributed by atoms with Gasteiger partial charge in [-0.25, -0.2) is 0 Å². The normalized spacial score (nSPS) is 13.4. The lowest BCUT2D eigenvalue weighted by Gasteiger charge is -2.35. The molecule has 80 valence electrons. The smallest absolute Gasteiger partial charge is 0.271 e. The number of nitrogens with one attached hydrogen (secondary N) is 3. The van der Waals surface area contributed by atoms with Crippen LogP contribution >= 0.6 is 0 Å². The molecule has 0 rings (SSSR count). The van der Waals surface area contributed by atoms with E-state index >= 15 is 0 Å². The summed E-state index contributed by atoms with van der Waals surface area (Å²) in [7, 11) is -2.75. The van der Waals surface area contributed by atoms with Gasteiger partial charge in [0.2, 0.25) is 0 Å². The Morgan fingerprint density at radius 2 is 1.23 bits per heavy atom. The van der Waals surface area contributed by atoms with E-state index in [4.69, 9.17) is 0 Å². The Morgan fingerprint density at radius 1 is 0.846 bits per heavy atom. The number of hydrogen-bond donors (Lipinski definition) is 3. The molecule has 0 radical (unpaired) electrons. The van der Waals surface area contributed by atoms with E-state index in [1.165, 1.54) is 0 Å². The molecule has 5 heteroatoms. The largest absolute Gasteiger partial charge is 0.335 e. The summed E-state index contributed by atoms with van der Waals surface area (Å²) in [5.74, 6) is 0. The maximum absolute atomic E-state index is 3.79. The first-order chi connectivity index (χ1) is 5.83. The highest BCUT2D eigenvalue weighted by molar-refractivity contribution is 6.88. The van der Waals surface area contributed by atoms with Crippen molar-refractivity contribution in [1.29, 1.82) is 0 Å². The van der Waals surface area contributed by atoms with Crippen LogP contribution in [0.2, 0.25) is 26.2 Å². The summed E-state index contributed by atoms with van der Waals surface area (Å²) >= 11 is 0. The minimum absolute atomic E-state index is 1.03. The maximum Gasteiger partial charge on any atom is 0.271 e. The molecule has 0 heterocycles. The minimum Gasteiger partial charge on any atom is -0.335 e. The van der Waals surface area contributed by atoms with Gasteiger partial charge < -0.3 is 14.6 Å². The van der Waals surface area contributed by atoms with Crippen LogP contribution in [0.15, 0.2) is 0 Å². The molecule has 0 amide bonds. The topological polar surface area (TPSA) is 36.1 Å². The highest BCUT2D eigenvalue weighted by atomic mass is 28.4. The zero-order valence-corrected chi connectivity index (χ0v) is 11.9. The number of hydrogen-bond acceptors (Lipinski definition) is 3. The molecule has 0 fully saturated rings. The number of rotatable bonds is 6. The standard InChI is InChI=1S/C8H25N3Si2/c1-7-9-13(6,10-8-2)11-12(3,4)5/h9-11H,7-8H2,1-6H3. The van der Waals surface area contributed by atoms with Crippen molar-refractivity contribution in [3.05, 3.63) is 0 Å². The van der Waals surface area contributed by atoms with Crippen molar-refractivity contribution < 1.29 is 0 Å². The van der Waals surface area contributed by atoms with Crippen molar-refractivity contribution in [1.82, 2.24) is 14.6 Å². The molecular weight excluding hydrogens is 194 g/mol. The molecule has 13 heavy (non-hydrogen) atoms. The molecule has 0 bridgehead atoms. The predicted molar refractivity (Wildman–Crippen MR) is 65.5 cm³/mol. The molecule has 0 aliphatic heterocycles. The molecule has 0 aliphatic rings. The van der Waals surface area contributed by atoms with E-state index in [2.05, 4.69) is 54.6 Å². The summed E-state index contributed by atoms with van der Waals surface area (Å²) in [6.45, 7) is 15.7. The summed E-state index contributed by atoms with van der Waals surface area (Å²) in [5, 5.41) is 0. The fourth-order valence-electron chi connectivity index (χ4n) is 1.61. The van der Waals surface area contributed by atoms with Crippen LogP contribution in [-0.4, -0.2) is 29.9 Å². The van der Waals surface area contributed by atoms with Crippen LogP contribution in [-0.2, 0) is 0 Å². The Kier molecular flexibility index (Phi) is 5.38. The lowest BCUT2D eigenvalue weighted by Crippen LogP contribution is -2.75. The van der Waals surface area contributed by atoms with Crippen molar-refractivity contribution in [2.75, 3.05) is 13.1 Å². The fourth-order valence-corrected chi connectivity index (χ4v) is 9.85.